The minimum absolute atomic E-state index is 0.000708. The van der Waals surface area contributed by atoms with Crippen molar-refractivity contribution >= 4 is 11.6 Å². The second kappa shape index (κ2) is 5.95. The molecule has 0 aliphatic heterocycles. The van der Waals surface area contributed by atoms with Crippen molar-refractivity contribution in [3.05, 3.63) is 42.5 Å². The smallest absolute Gasteiger partial charge is 0.374 e. The molecule has 0 spiro atoms. The van der Waals surface area contributed by atoms with Gasteiger partial charge in [0.2, 0.25) is 17.5 Å². The minimum atomic E-state index is -5.12. The second-order valence-corrected chi connectivity index (χ2v) is 4.81. The van der Waals surface area contributed by atoms with Crippen molar-refractivity contribution in [1.82, 2.24) is 14.5 Å². The van der Waals surface area contributed by atoms with Gasteiger partial charge < -0.3 is 15.0 Å². The molecule has 1 atom stereocenters. The van der Waals surface area contributed by atoms with Gasteiger partial charge in [-0.15, -0.1) is 0 Å². The number of rotatable bonds is 4. The molecule has 0 fully saturated rings. The normalized spacial score (nSPS) is 14.3. The molecule has 0 radical (unpaired) electrons. The fourth-order valence-corrected chi connectivity index (χ4v) is 1.96. The fraction of sp³-hybridized carbons (Fsp3) is 0.308. The van der Waals surface area contributed by atoms with E-state index in [4.69, 9.17) is 0 Å². The van der Waals surface area contributed by atoms with Gasteiger partial charge in [-0.25, -0.2) is 9.97 Å². The summed E-state index contributed by atoms with van der Waals surface area (Å²) >= 11 is 0. The molecule has 124 valence electrons. The number of amides is 1. The van der Waals surface area contributed by atoms with E-state index in [9.17, 15) is 27.5 Å². The summed E-state index contributed by atoms with van der Waals surface area (Å²) < 4.78 is 53.4. The molecule has 0 aliphatic carbocycles. The molecule has 23 heavy (non-hydrogen) atoms. The van der Waals surface area contributed by atoms with Crippen LogP contribution in [0.3, 0.4) is 0 Å². The maximum Gasteiger partial charge on any atom is 0.425 e. The lowest BCUT2D eigenvalue weighted by atomic mass is 9.97. The molecule has 1 amide bonds. The van der Waals surface area contributed by atoms with E-state index >= 15 is 0 Å². The van der Waals surface area contributed by atoms with E-state index in [1.807, 2.05) is 0 Å². The molecule has 0 saturated heterocycles. The molecule has 2 rings (SSSR count). The number of aliphatic hydroxyl groups is 1. The van der Waals surface area contributed by atoms with Crippen LogP contribution in [0.4, 0.5) is 23.2 Å². The highest BCUT2D eigenvalue weighted by molar-refractivity contribution is 5.91. The van der Waals surface area contributed by atoms with Crippen molar-refractivity contribution in [2.24, 2.45) is 7.05 Å². The van der Waals surface area contributed by atoms with Crippen LogP contribution >= 0.6 is 0 Å². The number of alkyl halides is 3. The number of hydrogen-bond acceptors (Lipinski definition) is 4. The molecular weight excluding hydrogens is 320 g/mol. The van der Waals surface area contributed by atoms with E-state index in [1.54, 1.807) is 0 Å². The van der Waals surface area contributed by atoms with Gasteiger partial charge in [-0.3, -0.25) is 4.79 Å². The zero-order valence-corrected chi connectivity index (χ0v) is 11.8. The molecule has 0 saturated carbocycles. The number of anilines is 1. The van der Waals surface area contributed by atoms with Crippen molar-refractivity contribution in [3.63, 3.8) is 0 Å². The van der Waals surface area contributed by atoms with Crippen LogP contribution in [0.15, 0.2) is 30.7 Å². The van der Waals surface area contributed by atoms with Crippen molar-refractivity contribution < 1.29 is 27.5 Å². The van der Waals surface area contributed by atoms with Crippen molar-refractivity contribution in [1.29, 1.82) is 0 Å². The topological polar surface area (TPSA) is 80.0 Å². The van der Waals surface area contributed by atoms with Crippen LogP contribution in [0.5, 0.6) is 0 Å². The van der Waals surface area contributed by atoms with Crippen LogP contribution in [0, 0.1) is 5.95 Å². The summed E-state index contributed by atoms with van der Waals surface area (Å²) in [6.45, 7) is 0. The lowest BCUT2D eigenvalue weighted by molar-refractivity contribution is -0.270. The predicted octanol–water partition coefficient (Wildman–Crippen LogP) is 1.73. The molecular formula is C13H12F4N4O2. The number of nitrogens with zero attached hydrogens (tertiary/aromatic N) is 3. The number of imidazole rings is 1. The Morgan fingerprint density at radius 2 is 2.04 bits per heavy atom. The summed E-state index contributed by atoms with van der Waals surface area (Å²) in [7, 11) is 1.26. The zero-order chi connectivity index (χ0) is 17.3. The summed E-state index contributed by atoms with van der Waals surface area (Å²) in [5, 5.41) is 12.1. The number of carbonyl (C=O) groups is 1. The largest absolute Gasteiger partial charge is 0.425 e. The van der Waals surface area contributed by atoms with Crippen molar-refractivity contribution in [3.8, 4) is 0 Å². The molecule has 1 unspecified atom stereocenters. The lowest BCUT2D eigenvalue weighted by Gasteiger charge is -2.29. The Bertz CT molecular complexity index is 699. The molecule has 0 aliphatic rings. The Morgan fingerprint density at radius 1 is 1.35 bits per heavy atom. The first kappa shape index (κ1) is 16.9. The zero-order valence-electron chi connectivity index (χ0n) is 11.8. The van der Waals surface area contributed by atoms with Crippen LogP contribution in [-0.2, 0) is 17.4 Å². The molecule has 2 aromatic heterocycles. The van der Waals surface area contributed by atoms with Gasteiger partial charge in [0.15, 0.2) is 5.82 Å². The van der Waals surface area contributed by atoms with Crippen LogP contribution in [0.2, 0.25) is 0 Å². The second-order valence-electron chi connectivity index (χ2n) is 4.81. The Labute approximate surface area is 127 Å². The van der Waals surface area contributed by atoms with E-state index in [0.29, 0.717) is 0 Å². The standard InChI is InChI=1S/C13H12F4N4O2/c1-21-5-4-18-11(21)12(23,13(15,16)17)6-10(22)20-8-2-3-9(14)19-7-8/h2-5,7,23H,6H2,1H3,(H,20,22). The number of nitrogens with one attached hydrogen (secondary N) is 1. The minimum Gasteiger partial charge on any atom is -0.374 e. The summed E-state index contributed by atoms with van der Waals surface area (Å²) in [5.41, 5.74) is -3.45. The monoisotopic (exact) mass is 332 g/mol. The van der Waals surface area contributed by atoms with Gasteiger partial charge in [0.25, 0.3) is 0 Å². The highest BCUT2D eigenvalue weighted by atomic mass is 19.4. The first-order valence-electron chi connectivity index (χ1n) is 6.32. The SMILES string of the molecule is Cn1ccnc1C(O)(CC(=O)Nc1ccc(F)nc1)C(F)(F)F. The van der Waals surface area contributed by atoms with E-state index in [-0.39, 0.29) is 5.69 Å². The van der Waals surface area contributed by atoms with E-state index < -0.39 is 35.9 Å². The van der Waals surface area contributed by atoms with Crippen LogP contribution in [0.1, 0.15) is 12.2 Å². The maximum absolute atomic E-state index is 13.3. The average molecular weight is 332 g/mol. The first-order valence-corrected chi connectivity index (χ1v) is 6.32. The molecule has 2 aromatic rings. The van der Waals surface area contributed by atoms with Crippen LogP contribution < -0.4 is 5.32 Å². The number of aromatic nitrogens is 3. The summed E-state index contributed by atoms with van der Waals surface area (Å²) in [4.78, 5) is 18.6. The number of aryl methyl sites for hydroxylation is 1. The van der Waals surface area contributed by atoms with E-state index in [0.717, 1.165) is 29.1 Å². The molecule has 2 N–H and O–H groups in total. The summed E-state index contributed by atoms with van der Waals surface area (Å²) in [6, 6.07) is 2.07. The highest BCUT2D eigenvalue weighted by Gasteiger charge is 2.58. The number of hydrogen-bond donors (Lipinski definition) is 2. The Hall–Kier alpha value is -2.49. The fourth-order valence-electron chi connectivity index (χ4n) is 1.96. The summed E-state index contributed by atoms with van der Waals surface area (Å²) in [5.74, 6) is -2.64. The molecule has 0 bridgehead atoms. The molecule has 10 heteroatoms. The van der Waals surface area contributed by atoms with Crippen LogP contribution in [0.25, 0.3) is 0 Å². The number of halogens is 4. The Kier molecular flexibility index (Phi) is 4.37. The third kappa shape index (κ3) is 3.47. The lowest BCUT2D eigenvalue weighted by Crippen LogP contribution is -2.46. The first-order chi connectivity index (χ1) is 10.6. The van der Waals surface area contributed by atoms with Gasteiger partial charge in [-0.05, 0) is 12.1 Å². The van der Waals surface area contributed by atoms with Gasteiger partial charge in [0.05, 0.1) is 18.3 Å². The maximum atomic E-state index is 13.3. The average Bonchev–Trinajstić information content (AvgIpc) is 2.86. The third-order valence-electron chi connectivity index (χ3n) is 3.09. The van der Waals surface area contributed by atoms with Crippen molar-refractivity contribution in [2.45, 2.75) is 18.2 Å². The van der Waals surface area contributed by atoms with Gasteiger partial charge in [-0.1, -0.05) is 0 Å². The molecule has 6 nitrogen and oxygen atoms in total. The van der Waals surface area contributed by atoms with Gasteiger partial charge in [0.1, 0.15) is 0 Å². The van der Waals surface area contributed by atoms with Gasteiger partial charge in [0, 0.05) is 19.4 Å². The highest BCUT2D eigenvalue weighted by Crippen LogP contribution is 2.40. The quantitative estimate of drug-likeness (QED) is 0.660. The van der Waals surface area contributed by atoms with Crippen molar-refractivity contribution in [2.75, 3.05) is 5.32 Å². The molecule has 2 heterocycles. The Morgan fingerprint density at radius 3 is 2.52 bits per heavy atom. The third-order valence-corrected chi connectivity index (χ3v) is 3.09. The van der Waals surface area contributed by atoms with E-state index in [2.05, 4.69) is 15.3 Å². The number of pyridine rings is 1. The van der Waals surface area contributed by atoms with Crippen LogP contribution in [-0.4, -0.2) is 31.7 Å². The number of carbonyl (C=O) groups excluding carboxylic acids is 1. The van der Waals surface area contributed by atoms with Gasteiger partial charge >= 0.3 is 6.18 Å². The molecule has 0 aromatic carbocycles. The van der Waals surface area contributed by atoms with E-state index in [1.165, 1.54) is 13.2 Å². The van der Waals surface area contributed by atoms with Gasteiger partial charge in [-0.2, -0.15) is 17.6 Å². The predicted molar refractivity (Wildman–Crippen MR) is 70.6 cm³/mol. The Balaban J connectivity index is 2.23. The summed E-state index contributed by atoms with van der Waals surface area (Å²) in [6.07, 6.45) is -3.19.